The Hall–Kier alpha value is -1.06. The molecule has 106 valence electrons. The summed E-state index contributed by atoms with van der Waals surface area (Å²) >= 11 is 0. The highest BCUT2D eigenvalue weighted by Crippen LogP contribution is 2.22. The third-order valence-electron chi connectivity index (χ3n) is 3.99. The van der Waals surface area contributed by atoms with Gasteiger partial charge in [0.05, 0.1) is 19.3 Å². The predicted molar refractivity (Wildman–Crippen MR) is 80.7 cm³/mol. The van der Waals surface area contributed by atoms with Crippen LogP contribution in [0.3, 0.4) is 0 Å². The summed E-state index contributed by atoms with van der Waals surface area (Å²) < 4.78 is 5.56. The van der Waals surface area contributed by atoms with Crippen molar-refractivity contribution in [3.8, 4) is 0 Å². The van der Waals surface area contributed by atoms with Gasteiger partial charge in [-0.05, 0) is 37.0 Å². The Kier molecular flexibility index (Phi) is 5.23. The first-order chi connectivity index (χ1) is 9.24. The van der Waals surface area contributed by atoms with E-state index in [1.54, 1.807) is 0 Å². The lowest BCUT2D eigenvalue weighted by molar-refractivity contribution is 0.0930. The summed E-state index contributed by atoms with van der Waals surface area (Å²) in [5, 5.41) is 0. The fraction of sp³-hybridized carbons (Fsp3) is 0.625. The van der Waals surface area contributed by atoms with Gasteiger partial charge < -0.3 is 15.4 Å². The summed E-state index contributed by atoms with van der Waals surface area (Å²) in [6.45, 7) is 7.03. The zero-order valence-corrected chi connectivity index (χ0v) is 12.1. The van der Waals surface area contributed by atoms with Gasteiger partial charge in [-0.15, -0.1) is 0 Å². The van der Waals surface area contributed by atoms with Crippen LogP contribution in [0.2, 0.25) is 0 Å². The molecule has 1 aromatic rings. The Morgan fingerprint density at radius 2 is 2.05 bits per heavy atom. The molecule has 1 aliphatic heterocycles. The van der Waals surface area contributed by atoms with Gasteiger partial charge >= 0.3 is 0 Å². The van der Waals surface area contributed by atoms with E-state index in [1.807, 2.05) is 0 Å². The number of rotatable bonds is 5. The number of nitrogens with two attached hydrogens (primary N) is 1. The molecule has 0 aromatic heterocycles. The Morgan fingerprint density at radius 3 is 2.68 bits per heavy atom. The van der Waals surface area contributed by atoms with Gasteiger partial charge in [-0.25, -0.2) is 0 Å². The number of benzene rings is 1. The van der Waals surface area contributed by atoms with E-state index in [0.717, 1.165) is 39.0 Å². The summed E-state index contributed by atoms with van der Waals surface area (Å²) in [5.41, 5.74) is 8.64. The molecule has 1 aromatic carbocycles. The van der Waals surface area contributed by atoms with Gasteiger partial charge in [0.2, 0.25) is 0 Å². The van der Waals surface area contributed by atoms with Crippen LogP contribution in [-0.4, -0.2) is 31.8 Å². The number of hydrogen-bond donors (Lipinski definition) is 1. The van der Waals surface area contributed by atoms with Crippen molar-refractivity contribution in [1.29, 1.82) is 0 Å². The van der Waals surface area contributed by atoms with Crippen molar-refractivity contribution in [1.82, 2.24) is 0 Å². The minimum absolute atomic E-state index is 0.276. The number of hydrogen-bond acceptors (Lipinski definition) is 3. The van der Waals surface area contributed by atoms with Gasteiger partial charge in [-0.1, -0.05) is 26.0 Å². The fourth-order valence-electron chi connectivity index (χ4n) is 2.60. The van der Waals surface area contributed by atoms with Crippen molar-refractivity contribution in [3.63, 3.8) is 0 Å². The van der Waals surface area contributed by atoms with E-state index in [2.05, 4.69) is 43.0 Å². The quantitative estimate of drug-likeness (QED) is 0.886. The molecule has 1 saturated heterocycles. The molecule has 19 heavy (non-hydrogen) atoms. The van der Waals surface area contributed by atoms with Crippen LogP contribution >= 0.6 is 0 Å². The van der Waals surface area contributed by atoms with Crippen LogP contribution in [-0.2, 0) is 11.2 Å². The summed E-state index contributed by atoms with van der Waals surface area (Å²) in [6.07, 6.45) is 3.13. The predicted octanol–water partition coefficient (Wildman–Crippen LogP) is 2.58. The molecule has 3 nitrogen and oxygen atoms in total. The molecule has 0 saturated carbocycles. The standard InChI is InChI=1S/C16H26N2O/c1-3-14(17)11-13-5-7-16(8-6-13)18-9-10-19-12-15(18)4-2/h5-8,14-15H,3-4,9-12,17H2,1-2H3. The van der Waals surface area contributed by atoms with Crippen LogP contribution in [0.1, 0.15) is 32.3 Å². The number of anilines is 1. The number of nitrogens with zero attached hydrogens (tertiary/aromatic N) is 1. The molecule has 2 rings (SSSR count). The molecule has 2 unspecified atom stereocenters. The lowest BCUT2D eigenvalue weighted by Crippen LogP contribution is -2.45. The largest absolute Gasteiger partial charge is 0.377 e. The van der Waals surface area contributed by atoms with Gasteiger partial charge in [-0.3, -0.25) is 0 Å². The molecule has 1 fully saturated rings. The SMILES string of the molecule is CCC(N)Cc1ccc(N2CCOCC2CC)cc1. The van der Waals surface area contributed by atoms with E-state index in [9.17, 15) is 0 Å². The maximum absolute atomic E-state index is 6.00. The highest BCUT2D eigenvalue weighted by molar-refractivity contribution is 5.49. The molecule has 3 heteroatoms. The van der Waals surface area contributed by atoms with Gasteiger partial charge in [0, 0.05) is 18.3 Å². The van der Waals surface area contributed by atoms with E-state index in [1.165, 1.54) is 11.3 Å². The second-order valence-corrected chi connectivity index (χ2v) is 5.37. The van der Waals surface area contributed by atoms with Crippen LogP contribution in [0.25, 0.3) is 0 Å². The van der Waals surface area contributed by atoms with E-state index in [0.29, 0.717) is 6.04 Å². The van der Waals surface area contributed by atoms with Gasteiger partial charge in [0.1, 0.15) is 0 Å². The molecule has 1 aliphatic rings. The van der Waals surface area contributed by atoms with Crippen LogP contribution in [0.5, 0.6) is 0 Å². The maximum Gasteiger partial charge on any atom is 0.0670 e. The summed E-state index contributed by atoms with van der Waals surface area (Å²) in [5.74, 6) is 0. The first-order valence-electron chi connectivity index (χ1n) is 7.43. The Balaban J connectivity index is 2.04. The number of ether oxygens (including phenoxy) is 1. The van der Waals surface area contributed by atoms with Crippen molar-refractivity contribution in [2.75, 3.05) is 24.7 Å². The van der Waals surface area contributed by atoms with E-state index in [4.69, 9.17) is 10.5 Å². The van der Waals surface area contributed by atoms with Crippen LogP contribution < -0.4 is 10.6 Å². The van der Waals surface area contributed by atoms with E-state index >= 15 is 0 Å². The first-order valence-corrected chi connectivity index (χ1v) is 7.43. The maximum atomic E-state index is 6.00. The van der Waals surface area contributed by atoms with Crippen molar-refractivity contribution in [3.05, 3.63) is 29.8 Å². The highest BCUT2D eigenvalue weighted by Gasteiger charge is 2.21. The minimum atomic E-state index is 0.276. The molecule has 0 spiro atoms. The van der Waals surface area contributed by atoms with Crippen LogP contribution in [0.15, 0.2) is 24.3 Å². The monoisotopic (exact) mass is 262 g/mol. The Bertz CT molecular complexity index is 377. The van der Waals surface area contributed by atoms with Crippen LogP contribution in [0, 0.1) is 0 Å². The Labute approximate surface area is 116 Å². The van der Waals surface area contributed by atoms with Crippen LogP contribution in [0.4, 0.5) is 5.69 Å². The zero-order valence-electron chi connectivity index (χ0n) is 12.1. The molecule has 2 atom stereocenters. The molecule has 2 N–H and O–H groups in total. The fourth-order valence-corrected chi connectivity index (χ4v) is 2.60. The van der Waals surface area contributed by atoms with Gasteiger partial charge in [-0.2, -0.15) is 0 Å². The molecular formula is C16H26N2O. The van der Waals surface area contributed by atoms with Gasteiger partial charge in [0.15, 0.2) is 0 Å². The smallest absolute Gasteiger partial charge is 0.0670 e. The summed E-state index contributed by atoms with van der Waals surface area (Å²) in [6, 6.07) is 9.67. The highest BCUT2D eigenvalue weighted by atomic mass is 16.5. The molecular weight excluding hydrogens is 236 g/mol. The van der Waals surface area contributed by atoms with E-state index in [-0.39, 0.29) is 6.04 Å². The molecule has 0 bridgehead atoms. The molecule has 0 aliphatic carbocycles. The normalized spacial score (nSPS) is 21.4. The van der Waals surface area contributed by atoms with E-state index < -0.39 is 0 Å². The lowest BCUT2D eigenvalue weighted by Gasteiger charge is -2.37. The van der Waals surface area contributed by atoms with Crippen molar-refractivity contribution in [2.45, 2.75) is 45.2 Å². The van der Waals surface area contributed by atoms with Crippen molar-refractivity contribution >= 4 is 5.69 Å². The average molecular weight is 262 g/mol. The molecule has 0 amide bonds. The number of morpholine rings is 1. The third-order valence-corrected chi connectivity index (χ3v) is 3.99. The zero-order chi connectivity index (χ0) is 13.7. The average Bonchev–Trinajstić information content (AvgIpc) is 2.48. The summed E-state index contributed by atoms with van der Waals surface area (Å²) in [4.78, 5) is 2.47. The van der Waals surface area contributed by atoms with Gasteiger partial charge in [0.25, 0.3) is 0 Å². The molecule has 1 heterocycles. The molecule has 0 radical (unpaired) electrons. The van der Waals surface area contributed by atoms with Crippen molar-refractivity contribution in [2.24, 2.45) is 5.73 Å². The third kappa shape index (κ3) is 3.71. The lowest BCUT2D eigenvalue weighted by atomic mass is 10.0. The minimum Gasteiger partial charge on any atom is -0.377 e. The van der Waals surface area contributed by atoms with Crippen molar-refractivity contribution < 1.29 is 4.74 Å². The summed E-state index contributed by atoms with van der Waals surface area (Å²) in [7, 11) is 0. The Morgan fingerprint density at radius 1 is 1.32 bits per heavy atom. The second kappa shape index (κ2) is 6.92. The first kappa shape index (κ1) is 14.4. The second-order valence-electron chi connectivity index (χ2n) is 5.37. The topological polar surface area (TPSA) is 38.5 Å².